The number of hydrogen-bond acceptors (Lipinski definition) is 6. The average molecular weight is 453 g/mol. The second-order valence-corrected chi connectivity index (χ2v) is 7.84. The van der Waals surface area contributed by atoms with Crippen molar-refractivity contribution in [3.63, 3.8) is 0 Å². The number of aryl methyl sites for hydroxylation is 1. The first-order valence-electron chi connectivity index (χ1n) is 11.1. The summed E-state index contributed by atoms with van der Waals surface area (Å²) in [5, 5.41) is 0. The molecule has 2 amide bonds. The molecule has 0 N–H and O–H groups in total. The third kappa shape index (κ3) is 5.80. The van der Waals surface area contributed by atoms with Gasteiger partial charge in [-0.2, -0.15) is 0 Å². The van der Waals surface area contributed by atoms with Crippen LogP contribution in [0.4, 0.5) is 0 Å². The third-order valence-corrected chi connectivity index (χ3v) is 5.51. The van der Waals surface area contributed by atoms with E-state index in [1.807, 2.05) is 67.3 Å². The lowest BCUT2D eigenvalue weighted by Crippen LogP contribution is -2.37. The van der Waals surface area contributed by atoms with E-state index in [4.69, 9.17) is 14.2 Å². The van der Waals surface area contributed by atoms with Gasteiger partial charge in [0.15, 0.2) is 0 Å². The Morgan fingerprint density at radius 2 is 1.45 bits per heavy atom. The van der Waals surface area contributed by atoms with Crippen molar-refractivity contribution in [2.45, 2.75) is 20.4 Å². The van der Waals surface area contributed by atoms with E-state index >= 15 is 0 Å². The highest BCUT2D eigenvalue weighted by Crippen LogP contribution is 2.33. The van der Waals surface area contributed by atoms with Crippen molar-refractivity contribution in [2.75, 3.05) is 47.1 Å². The molecule has 0 fully saturated rings. The second kappa shape index (κ2) is 11.6. The van der Waals surface area contributed by atoms with Gasteiger partial charge in [-0.15, -0.1) is 0 Å². The van der Waals surface area contributed by atoms with Gasteiger partial charge >= 0.3 is 0 Å². The van der Waals surface area contributed by atoms with Crippen LogP contribution < -0.4 is 4.74 Å². The molecule has 1 aliphatic rings. The van der Waals surface area contributed by atoms with Gasteiger partial charge in [-0.05, 0) is 37.1 Å². The number of benzene rings is 2. The molecule has 0 aliphatic carbocycles. The van der Waals surface area contributed by atoms with Crippen molar-refractivity contribution >= 4 is 17.4 Å². The van der Waals surface area contributed by atoms with Gasteiger partial charge in [0, 0.05) is 27.3 Å². The highest BCUT2D eigenvalue weighted by atomic mass is 16.5. The molecule has 1 aliphatic heterocycles. The average Bonchev–Trinajstić information content (AvgIpc) is 3.06. The van der Waals surface area contributed by atoms with E-state index in [-0.39, 0.29) is 18.4 Å². The molecule has 2 aromatic rings. The minimum absolute atomic E-state index is 0.213. The standard InChI is InChI=1S/C26H32N2O5/c1-5-33-22-12-10-21(11-13-22)23-24(27(14-16-31-3)15-17-32-4)26(30)28(25(23)29)18-20-8-6-19(2)7-9-20/h6-13H,5,14-18H2,1-4H3. The molecule has 2 aromatic carbocycles. The molecule has 0 spiro atoms. The molecule has 0 saturated carbocycles. The Morgan fingerprint density at radius 1 is 0.848 bits per heavy atom. The number of carbonyl (C=O) groups is 2. The molecule has 0 bridgehead atoms. The van der Waals surface area contributed by atoms with Gasteiger partial charge in [-0.3, -0.25) is 14.5 Å². The molecule has 33 heavy (non-hydrogen) atoms. The summed E-state index contributed by atoms with van der Waals surface area (Å²) < 4.78 is 16.1. The van der Waals surface area contributed by atoms with Crippen LogP contribution in [-0.4, -0.2) is 68.7 Å². The van der Waals surface area contributed by atoms with Gasteiger partial charge in [0.2, 0.25) is 0 Å². The summed E-state index contributed by atoms with van der Waals surface area (Å²) in [5.41, 5.74) is 3.47. The molecule has 7 heteroatoms. The zero-order valence-corrected chi connectivity index (χ0v) is 19.8. The Morgan fingerprint density at radius 3 is 2.00 bits per heavy atom. The topological polar surface area (TPSA) is 68.3 Å². The van der Waals surface area contributed by atoms with E-state index in [9.17, 15) is 9.59 Å². The van der Waals surface area contributed by atoms with E-state index in [2.05, 4.69) is 0 Å². The van der Waals surface area contributed by atoms with Crippen LogP contribution in [0.25, 0.3) is 5.57 Å². The SMILES string of the molecule is CCOc1ccc(C2=C(N(CCOC)CCOC)C(=O)N(Cc3ccc(C)cc3)C2=O)cc1. The van der Waals surface area contributed by atoms with Crippen LogP contribution in [0.5, 0.6) is 5.75 Å². The van der Waals surface area contributed by atoms with Crippen LogP contribution in [-0.2, 0) is 25.6 Å². The van der Waals surface area contributed by atoms with Crippen molar-refractivity contribution in [1.29, 1.82) is 0 Å². The molecule has 0 aromatic heterocycles. The van der Waals surface area contributed by atoms with Crippen molar-refractivity contribution in [3.8, 4) is 5.75 Å². The summed E-state index contributed by atoms with van der Waals surface area (Å²) in [6.45, 7) is 6.46. The summed E-state index contributed by atoms with van der Waals surface area (Å²) in [7, 11) is 3.23. The molecule has 3 rings (SSSR count). The normalized spacial score (nSPS) is 13.8. The lowest BCUT2D eigenvalue weighted by Gasteiger charge is -2.25. The summed E-state index contributed by atoms with van der Waals surface area (Å²) in [6.07, 6.45) is 0. The molecule has 0 unspecified atom stereocenters. The van der Waals surface area contributed by atoms with Gasteiger partial charge < -0.3 is 19.1 Å². The lowest BCUT2D eigenvalue weighted by atomic mass is 10.0. The number of imide groups is 1. The molecular formula is C26H32N2O5. The number of nitrogens with zero attached hydrogens (tertiary/aromatic N) is 2. The van der Waals surface area contributed by atoms with Gasteiger partial charge in [0.1, 0.15) is 11.4 Å². The minimum atomic E-state index is -0.309. The fourth-order valence-corrected chi connectivity index (χ4v) is 3.76. The fourth-order valence-electron chi connectivity index (χ4n) is 3.76. The Balaban J connectivity index is 2.01. The van der Waals surface area contributed by atoms with E-state index in [1.54, 1.807) is 14.2 Å². The van der Waals surface area contributed by atoms with E-state index in [0.717, 1.165) is 11.1 Å². The molecule has 0 atom stereocenters. The summed E-state index contributed by atoms with van der Waals surface area (Å²) in [6, 6.07) is 15.1. The van der Waals surface area contributed by atoms with E-state index in [0.29, 0.717) is 55.5 Å². The van der Waals surface area contributed by atoms with Gasteiger partial charge in [0.05, 0.1) is 31.9 Å². The maximum Gasteiger partial charge on any atom is 0.278 e. The largest absolute Gasteiger partial charge is 0.494 e. The van der Waals surface area contributed by atoms with E-state index in [1.165, 1.54) is 4.90 Å². The van der Waals surface area contributed by atoms with Crippen LogP contribution in [0.2, 0.25) is 0 Å². The Kier molecular flexibility index (Phi) is 8.63. The predicted molar refractivity (Wildman–Crippen MR) is 127 cm³/mol. The van der Waals surface area contributed by atoms with Crippen LogP contribution in [0.1, 0.15) is 23.6 Å². The maximum atomic E-state index is 13.6. The Labute approximate surface area is 195 Å². The second-order valence-electron chi connectivity index (χ2n) is 7.84. The first kappa shape index (κ1) is 24.5. The summed E-state index contributed by atoms with van der Waals surface area (Å²) in [5.74, 6) is 0.101. The van der Waals surface area contributed by atoms with Gasteiger partial charge in [0.25, 0.3) is 11.8 Å². The molecular weight excluding hydrogens is 420 g/mol. The first-order valence-corrected chi connectivity index (χ1v) is 11.1. The highest BCUT2D eigenvalue weighted by molar-refractivity contribution is 6.35. The highest BCUT2D eigenvalue weighted by Gasteiger charge is 2.41. The van der Waals surface area contributed by atoms with Crippen molar-refractivity contribution in [3.05, 3.63) is 70.9 Å². The zero-order valence-electron chi connectivity index (χ0n) is 19.8. The van der Waals surface area contributed by atoms with Crippen molar-refractivity contribution < 1.29 is 23.8 Å². The van der Waals surface area contributed by atoms with Crippen molar-refractivity contribution in [2.24, 2.45) is 0 Å². The Bertz CT molecular complexity index is 975. The molecule has 7 nitrogen and oxygen atoms in total. The maximum absolute atomic E-state index is 13.6. The summed E-state index contributed by atoms with van der Waals surface area (Å²) in [4.78, 5) is 30.4. The van der Waals surface area contributed by atoms with Crippen LogP contribution >= 0.6 is 0 Å². The van der Waals surface area contributed by atoms with Crippen LogP contribution in [0.15, 0.2) is 54.2 Å². The predicted octanol–water partition coefficient (Wildman–Crippen LogP) is 3.27. The Hall–Kier alpha value is -3.16. The molecule has 176 valence electrons. The smallest absolute Gasteiger partial charge is 0.278 e. The monoisotopic (exact) mass is 452 g/mol. The van der Waals surface area contributed by atoms with E-state index < -0.39 is 0 Å². The fraction of sp³-hybridized carbons (Fsp3) is 0.385. The van der Waals surface area contributed by atoms with Crippen LogP contribution in [0.3, 0.4) is 0 Å². The van der Waals surface area contributed by atoms with Gasteiger partial charge in [-0.1, -0.05) is 42.0 Å². The molecule has 1 heterocycles. The number of carbonyl (C=O) groups excluding carboxylic acids is 2. The molecule has 0 saturated heterocycles. The number of hydrogen-bond donors (Lipinski definition) is 0. The first-order chi connectivity index (χ1) is 16.0. The third-order valence-electron chi connectivity index (χ3n) is 5.51. The van der Waals surface area contributed by atoms with Crippen molar-refractivity contribution in [1.82, 2.24) is 9.80 Å². The van der Waals surface area contributed by atoms with Crippen LogP contribution in [0, 0.1) is 6.92 Å². The molecule has 0 radical (unpaired) electrons. The van der Waals surface area contributed by atoms with Gasteiger partial charge in [-0.25, -0.2) is 0 Å². The number of ether oxygens (including phenoxy) is 3. The zero-order chi connectivity index (χ0) is 23.8. The number of rotatable bonds is 12. The minimum Gasteiger partial charge on any atom is -0.494 e. The number of methoxy groups -OCH3 is 2. The quantitative estimate of drug-likeness (QED) is 0.461. The summed E-state index contributed by atoms with van der Waals surface area (Å²) >= 11 is 0. The lowest BCUT2D eigenvalue weighted by molar-refractivity contribution is -0.138. The number of amides is 2.